The molecule has 0 spiro atoms. The number of hydrogen-bond acceptors (Lipinski definition) is 2. The molecule has 2 aromatic rings. The second-order valence-corrected chi connectivity index (χ2v) is 5.62. The molecule has 2 atom stereocenters. The van der Waals surface area contributed by atoms with Gasteiger partial charge in [-0.05, 0) is 30.5 Å². The van der Waals surface area contributed by atoms with Gasteiger partial charge in [0.2, 0.25) is 0 Å². The first-order valence-electron chi connectivity index (χ1n) is 7.27. The van der Waals surface area contributed by atoms with Gasteiger partial charge in [-0.15, -0.1) is 0 Å². The molecule has 3 heteroatoms. The van der Waals surface area contributed by atoms with Gasteiger partial charge in [0.25, 0.3) is 0 Å². The standard InChI is InChI=1S/C17H17BNO/c1-3-8-14(9-4-1)16-17(15-10-5-2-6-11-15)12-7-13-19(17)18-20-16/h1-6,8-11,16H,7,12-13H2. The van der Waals surface area contributed by atoms with E-state index < -0.39 is 0 Å². The van der Waals surface area contributed by atoms with Crippen LogP contribution in [0, 0.1) is 0 Å². The number of hydrogen-bond donors (Lipinski definition) is 0. The van der Waals surface area contributed by atoms with Crippen LogP contribution >= 0.6 is 0 Å². The Morgan fingerprint density at radius 3 is 2.45 bits per heavy atom. The molecule has 2 nitrogen and oxygen atoms in total. The van der Waals surface area contributed by atoms with Crippen molar-refractivity contribution in [3.63, 3.8) is 0 Å². The third-order valence-electron chi connectivity index (χ3n) is 4.60. The number of fused-ring (bicyclic) bond motifs is 1. The largest absolute Gasteiger partial charge is 0.415 e. The molecule has 99 valence electrons. The average molecular weight is 262 g/mol. The molecule has 2 aromatic carbocycles. The van der Waals surface area contributed by atoms with Gasteiger partial charge in [0, 0.05) is 0 Å². The Morgan fingerprint density at radius 1 is 1.00 bits per heavy atom. The van der Waals surface area contributed by atoms with Gasteiger partial charge in [-0.1, -0.05) is 60.7 Å². The molecule has 2 heterocycles. The molecule has 20 heavy (non-hydrogen) atoms. The molecule has 2 aliphatic heterocycles. The molecule has 2 saturated heterocycles. The van der Waals surface area contributed by atoms with E-state index in [1.807, 2.05) is 7.62 Å². The van der Waals surface area contributed by atoms with Crippen molar-refractivity contribution < 1.29 is 4.65 Å². The molecule has 0 amide bonds. The summed E-state index contributed by atoms with van der Waals surface area (Å²) < 4.78 is 6.06. The molecule has 2 unspecified atom stereocenters. The smallest absolute Gasteiger partial charge is 0.400 e. The van der Waals surface area contributed by atoms with Gasteiger partial charge >= 0.3 is 7.62 Å². The van der Waals surface area contributed by atoms with Gasteiger partial charge in [-0.2, -0.15) is 0 Å². The third kappa shape index (κ3) is 1.67. The van der Waals surface area contributed by atoms with Gasteiger partial charge in [0.1, 0.15) is 0 Å². The molecule has 0 N–H and O–H groups in total. The van der Waals surface area contributed by atoms with E-state index in [1.165, 1.54) is 17.5 Å². The first-order chi connectivity index (χ1) is 9.91. The summed E-state index contributed by atoms with van der Waals surface area (Å²) in [6.07, 6.45) is 2.46. The summed E-state index contributed by atoms with van der Waals surface area (Å²) in [6.45, 7) is 1.08. The lowest BCUT2D eigenvalue weighted by Gasteiger charge is -2.37. The van der Waals surface area contributed by atoms with E-state index in [2.05, 4.69) is 65.5 Å². The van der Waals surface area contributed by atoms with Crippen LogP contribution in [0.3, 0.4) is 0 Å². The second-order valence-electron chi connectivity index (χ2n) is 5.62. The van der Waals surface area contributed by atoms with Crippen LogP contribution in [0.4, 0.5) is 0 Å². The van der Waals surface area contributed by atoms with Crippen molar-refractivity contribution in [2.75, 3.05) is 6.54 Å². The van der Waals surface area contributed by atoms with E-state index >= 15 is 0 Å². The fourth-order valence-corrected chi connectivity index (χ4v) is 3.71. The minimum Gasteiger partial charge on any atom is -0.415 e. The Kier molecular flexibility index (Phi) is 2.90. The molecular weight excluding hydrogens is 245 g/mol. The quantitative estimate of drug-likeness (QED) is 0.770. The maximum atomic E-state index is 6.06. The van der Waals surface area contributed by atoms with Gasteiger partial charge < -0.3 is 9.47 Å². The van der Waals surface area contributed by atoms with Crippen molar-refractivity contribution in [3.05, 3.63) is 71.8 Å². The summed E-state index contributed by atoms with van der Waals surface area (Å²) >= 11 is 0. The Bertz CT molecular complexity index is 588. The highest BCUT2D eigenvalue weighted by Crippen LogP contribution is 2.52. The highest BCUT2D eigenvalue weighted by molar-refractivity contribution is 6.25. The van der Waals surface area contributed by atoms with Crippen LogP contribution in [0.5, 0.6) is 0 Å². The lowest BCUT2D eigenvalue weighted by atomic mass is 9.79. The van der Waals surface area contributed by atoms with E-state index in [0.717, 1.165) is 13.0 Å². The Morgan fingerprint density at radius 2 is 1.70 bits per heavy atom. The van der Waals surface area contributed by atoms with E-state index in [1.54, 1.807) is 0 Å². The van der Waals surface area contributed by atoms with Crippen LogP contribution < -0.4 is 0 Å². The van der Waals surface area contributed by atoms with Crippen LogP contribution in [0.15, 0.2) is 60.7 Å². The first kappa shape index (κ1) is 12.2. The molecule has 2 aliphatic rings. The lowest BCUT2D eigenvalue weighted by molar-refractivity contribution is 0.120. The minimum atomic E-state index is -0.0252. The van der Waals surface area contributed by atoms with Crippen molar-refractivity contribution in [2.45, 2.75) is 24.5 Å². The Hall–Kier alpha value is -1.58. The predicted molar refractivity (Wildman–Crippen MR) is 80.1 cm³/mol. The zero-order chi connectivity index (χ0) is 13.4. The zero-order valence-corrected chi connectivity index (χ0v) is 11.4. The van der Waals surface area contributed by atoms with Crippen molar-refractivity contribution >= 4 is 7.62 Å². The first-order valence-corrected chi connectivity index (χ1v) is 7.27. The lowest BCUT2D eigenvalue weighted by Crippen LogP contribution is -2.40. The van der Waals surface area contributed by atoms with E-state index in [-0.39, 0.29) is 11.6 Å². The molecular formula is C17H17BNO. The molecule has 0 aliphatic carbocycles. The summed E-state index contributed by atoms with van der Waals surface area (Å²) in [5, 5.41) is 0. The van der Waals surface area contributed by atoms with Crippen molar-refractivity contribution in [1.82, 2.24) is 4.81 Å². The predicted octanol–water partition coefficient (Wildman–Crippen LogP) is 3.28. The summed E-state index contributed by atoms with van der Waals surface area (Å²) in [5.74, 6) is 0. The molecule has 4 rings (SSSR count). The summed E-state index contributed by atoms with van der Waals surface area (Å²) in [7, 11) is 1.94. The van der Waals surface area contributed by atoms with Gasteiger partial charge in [-0.25, -0.2) is 0 Å². The Labute approximate surface area is 120 Å². The van der Waals surface area contributed by atoms with Crippen LogP contribution in [0.25, 0.3) is 0 Å². The molecule has 0 saturated carbocycles. The fraction of sp³-hybridized carbons (Fsp3) is 0.294. The topological polar surface area (TPSA) is 12.5 Å². The number of rotatable bonds is 2. The Balaban J connectivity index is 1.84. The maximum Gasteiger partial charge on any atom is 0.400 e. The average Bonchev–Trinajstić information content (AvgIpc) is 3.08. The van der Waals surface area contributed by atoms with Crippen LogP contribution in [0.1, 0.15) is 30.1 Å². The van der Waals surface area contributed by atoms with Crippen molar-refractivity contribution in [1.29, 1.82) is 0 Å². The van der Waals surface area contributed by atoms with E-state index in [0.29, 0.717) is 0 Å². The summed E-state index contributed by atoms with van der Waals surface area (Å²) in [6, 6.07) is 21.4. The summed E-state index contributed by atoms with van der Waals surface area (Å²) in [5.41, 5.74) is 2.60. The normalized spacial score (nSPS) is 29.1. The number of nitrogens with zero attached hydrogens (tertiary/aromatic N) is 1. The summed E-state index contributed by atoms with van der Waals surface area (Å²) in [4.78, 5) is 2.39. The van der Waals surface area contributed by atoms with Crippen molar-refractivity contribution in [3.8, 4) is 0 Å². The van der Waals surface area contributed by atoms with E-state index in [9.17, 15) is 0 Å². The van der Waals surface area contributed by atoms with Crippen LogP contribution in [0.2, 0.25) is 0 Å². The second kappa shape index (κ2) is 4.76. The molecule has 2 fully saturated rings. The van der Waals surface area contributed by atoms with Gasteiger partial charge in [0.05, 0.1) is 11.6 Å². The number of benzene rings is 2. The van der Waals surface area contributed by atoms with Crippen molar-refractivity contribution in [2.24, 2.45) is 0 Å². The van der Waals surface area contributed by atoms with Crippen LogP contribution in [-0.2, 0) is 10.2 Å². The van der Waals surface area contributed by atoms with Gasteiger partial charge in [-0.3, -0.25) is 0 Å². The molecule has 1 radical (unpaired) electrons. The highest BCUT2D eigenvalue weighted by atomic mass is 16.5. The van der Waals surface area contributed by atoms with Crippen LogP contribution in [-0.4, -0.2) is 19.0 Å². The van der Waals surface area contributed by atoms with E-state index in [4.69, 9.17) is 4.65 Å². The monoisotopic (exact) mass is 262 g/mol. The third-order valence-corrected chi connectivity index (χ3v) is 4.60. The zero-order valence-electron chi connectivity index (χ0n) is 11.4. The maximum absolute atomic E-state index is 6.06. The molecule has 0 bridgehead atoms. The molecule has 0 aromatic heterocycles. The SMILES string of the molecule is [B]1OC(c2ccccc2)C2(c3ccccc3)CCCN12. The minimum absolute atomic E-state index is 0.0252. The van der Waals surface area contributed by atoms with Gasteiger partial charge in [0.15, 0.2) is 0 Å². The fourth-order valence-electron chi connectivity index (χ4n) is 3.71. The highest BCUT2D eigenvalue weighted by Gasteiger charge is 2.54.